The lowest BCUT2D eigenvalue weighted by atomic mass is 9.83. The quantitative estimate of drug-likeness (QED) is 0.906. The molecule has 0 aliphatic carbocycles. The van der Waals surface area contributed by atoms with E-state index < -0.39 is 11.4 Å². The van der Waals surface area contributed by atoms with Crippen molar-refractivity contribution in [2.75, 3.05) is 20.2 Å². The molecule has 1 amide bonds. The molecule has 5 nitrogen and oxygen atoms in total. The molecular weight excluding hydrogens is 294 g/mol. The van der Waals surface area contributed by atoms with E-state index in [9.17, 15) is 9.59 Å². The SMILES string of the molecule is COc1ccccc1CC(C)(C)C(=O)N1CCC(C(=O)O)CC1. The number of ether oxygens (including phenoxy) is 1. The average molecular weight is 319 g/mol. The molecule has 1 aliphatic heterocycles. The number of amides is 1. The zero-order valence-electron chi connectivity index (χ0n) is 14.0. The summed E-state index contributed by atoms with van der Waals surface area (Å²) in [6.45, 7) is 4.91. The van der Waals surface area contributed by atoms with Gasteiger partial charge in [-0.05, 0) is 30.9 Å². The fourth-order valence-corrected chi connectivity index (χ4v) is 3.16. The number of carbonyl (C=O) groups excluding carboxylic acids is 1. The summed E-state index contributed by atoms with van der Waals surface area (Å²) in [7, 11) is 1.63. The van der Waals surface area contributed by atoms with Crippen LogP contribution in [0.5, 0.6) is 5.75 Å². The van der Waals surface area contributed by atoms with Crippen LogP contribution in [-0.4, -0.2) is 42.1 Å². The Morgan fingerprint density at radius 2 is 1.87 bits per heavy atom. The summed E-state index contributed by atoms with van der Waals surface area (Å²) in [4.78, 5) is 25.7. The number of aliphatic carboxylic acids is 1. The highest BCUT2D eigenvalue weighted by atomic mass is 16.5. The molecule has 0 saturated carbocycles. The van der Waals surface area contributed by atoms with Crippen molar-refractivity contribution in [3.8, 4) is 5.75 Å². The third-order valence-electron chi connectivity index (χ3n) is 4.54. The number of hydrogen-bond donors (Lipinski definition) is 1. The number of para-hydroxylation sites is 1. The molecule has 1 aromatic carbocycles. The minimum absolute atomic E-state index is 0.0762. The van der Waals surface area contributed by atoms with Gasteiger partial charge in [-0.3, -0.25) is 9.59 Å². The van der Waals surface area contributed by atoms with Crippen LogP contribution in [0.1, 0.15) is 32.3 Å². The van der Waals surface area contributed by atoms with Crippen LogP contribution in [0.4, 0.5) is 0 Å². The zero-order valence-corrected chi connectivity index (χ0v) is 14.0. The molecule has 0 atom stereocenters. The Balaban J connectivity index is 2.04. The Bertz CT molecular complexity index is 574. The van der Waals surface area contributed by atoms with Gasteiger partial charge >= 0.3 is 5.97 Å². The average Bonchev–Trinajstić information content (AvgIpc) is 2.54. The van der Waals surface area contributed by atoms with Gasteiger partial charge in [0.25, 0.3) is 0 Å². The predicted octanol–water partition coefficient (Wildman–Crippen LogP) is 2.59. The van der Waals surface area contributed by atoms with E-state index >= 15 is 0 Å². The second-order valence-corrected chi connectivity index (χ2v) is 6.78. The Labute approximate surface area is 137 Å². The number of piperidine rings is 1. The lowest BCUT2D eigenvalue weighted by molar-refractivity contribution is -0.148. The van der Waals surface area contributed by atoms with Gasteiger partial charge in [-0.1, -0.05) is 32.0 Å². The monoisotopic (exact) mass is 319 g/mol. The van der Waals surface area contributed by atoms with E-state index in [1.807, 2.05) is 38.1 Å². The summed E-state index contributed by atoms with van der Waals surface area (Å²) < 4.78 is 5.37. The molecule has 1 saturated heterocycles. The highest BCUT2D eigenvalue weighted by Gasteiger charge is 2.35. The lowest BCUT2D eigenvalue weighted by Crippen LogP contribution is -2.46. The molecule has 0 bridgehead atoms. The number of carboxylic acid groups (broad SMARTS) is 1. The van der Waals surface area contributed by atoms with E-state index in [0.29, 0.717) is 32.4 Å². The van der Waals surface area contributed by atoms with E-state index in [2.05, 4.69) is 0 Å². The van der Waals surface area contributed by atoms with Gasteiger partial charge in [0.1, 0.15) is 5.75 Å². The van der Waals surface area contributed by atoms with Crippen LogP contribution >= 0.6 is 0 Å². The van der Waals surface area contributed by atoms with Crippen molar-refractivity contribution >= 4 is 11.9 Å². The third kappa shape index (κ3) is 4.03. The Morgan fingerprint density at radius 3 is 2.43 bits per heavy atom. The number of rotatable bonds is 5. The number of nitrogens with zero attached hydrogens (tertiary/aromatic N) is 1. The number of carbonyl (C=O) groups is 2. The molecule has 1 N–H and O–H groups in total. The maximum absolute atomic E-state index is 12.8. The van der Waals surface area contributed by atoms with Crippen molar-refractivity contribution in [2.24, 2.45) is 11.3 Å². The van der Waals surface area contributed by atoms with Crippen molar-refractivity contribution in [3.63, 3.8) is 0 Å². The van der Waals surface area contributed by atoms with E-state index in [4.69, 9.17) is 9.84 Å². The molecule has 1 fully saturated rings. The maximum atomic E-state index is 12.8. The molecule has 2 rings (SSSR count). The summed E-state index contributed by atoms with van der Waals surface area (Å²) in [5.41, 5.74) is 0.457. The van der Waals surface area contributed by atoms with Gasteiger partial charge in [0, 0.05) is 18.5 Å². The van der Waals surface area contributed by atoms with E-state index in [0.717, 1.165) is 11.3 Å². The number of benzene rings is 1. The van der Waals surface area contributed by atoms with Gasteiger partial charge in [0.15, 0.2) is 0 Å². The number of hydrogen-bond acceptors (Lipinski definition) is 3. The van der Waals surface area contributed by atoms with E-state index in [1.54, 1.807) is 12.0 Å². The molecule has 23 heavy (non-hydrogen) atoms. The molecule has 1 heterocycles. The Hall–Kier alpha value is -2.04. The number of likely N-dealkylation sites (tertiary alicyclic amines) is 1. The number of carboxylic acids is 1. The minimum atomic E-state index is -0.759. The second-order valence-electron chi connectivity index (χ2n) is 6.78. The van der Waals surface area contributed by atoms with Crippen LogP contribution in [0.15, 0.2) is 24.3 Å². The minimum Gasteiger partial charge on any atom is -0.496 e. The molecule has 1 aromatic rings. The van der Waals surface area contributed by atoms with E-state index in [-0.39, 0.29) is 11.8 Å². The van der Waals surface area contributed by atoms with Crippen molar-refractivity contribution in [1.82, 2.24) is 4.90 Å². The predicted molar refractivity (Wildman–Crippen MR) is 87.4 cm³/mol. The normalized spacial score (nSPS) is 16.2. The molecule has 1 aliphatic rings. The first-order valence-corrected chi connectivity index (χ1v) is 7.99. The first-order valence-electron chi connectivity index (χ1n) is 7.99. The zero-order chi connectivity index (χ0) is 17.0. The Morgan fingerprint density at radius 1 is 1.26 bits per heavy atom. The molecule has 0 aromatic heterocycles. The van der Waals surface area contributed by atoms with Crippen molar-refractivity contribution in [1.29, 1.82) is 0 Å². The first kappa shape index (κ1) is 17.3. The van der Waals surface area contributed by atoms with Gasteiger partial charge in [-0.25, -0.2) is 0 Å². The first-order chi connectivity index (χ1) is 10.8. The van der Waals surface area contributed by atoms with Crippen LogP contribution in [0, 0.1) is 11.3 Å². The van der Waals surface area contributed by atoms with Crippen molar-refractivity contribution in [3.05, 3.63) is 29.8 Å². The van der Waals surface area contributed by atoms with Gasteiger partial charge in [-0.15, -0.1) is 0 Å². The summed E-state index contributed by atoms with van der Waals surface area (Å²) in [5, 5.41) is 9.06. The van der Waals surface area contributed by atoms with Crippen LogP contribution in [0.25, 0.3) is 0 Å². The van der Waals surface area contributed by atoms with Gasteiger partial charge in [0.2, 0.25) is 5.91 Å². The molecule has 126 valence electrons. The molecule has 5 heteroatoms. The lowest BCUT2D eigenvalue weighted by Gasteiger charge is -2.36. The third-order valence-corrected chi connectivity index (χ3v) is 4.54. The molecule has 0 unspecified atom stereocenters. The summed E-state index contributed by atoms with van der Waals surface area (Å²) in [6, 6.07) is 7.73. The fraction of sp³-hybridized carbons (Fsp3) is 0.556. The van der Waals surface area contributed by atoms with E-state index in [1.165, 1.54) is 0 Å². The maximum Gasteiger partial charge on any atom is 0.306 e. The second kappa shape index (κ2) is 7.02. The molecule has 0 spiro atoms. The highest BCUT2D eigenvalue weighted by Crippen LogP contribution is 2.31. The fourth-order valence-electron chi connectivity index (χ4n) is 3.16. The highest BCUT2D eigenvalue weighted by molar-refractivity contribution is 5.82. The van der Waals surface area contributed by atoms with Crippen LogP contribution in [-0.2, 0) is 16.0 Å². The summed E-state index contributed by atoms with van der Waals surface area (Å²) in [6.07, 6.45) is 1.66. The molecule has 0 radical (unpaired) electrons. The Kier molecular flexibility index (Phi) is 5.29. The van der Waals surface area contributed by atoms with Crippen molar-refractivity contribution in [2.45, 2.75) is 33.1 Å². The van der Waals surface area contributed by atoms with Gasteiger partial charge in [0.05, 0.1) is 13.0 Å². The van der Waals surface area contributed by atoms with Crippen LogP contribution in [0.2, 0.25) is 0 Å². The smallest absolute Gasteiger partial charge is 0.306 e. The number of methoxy groups -OCH3 is 1. The summed E-state index contributed by atoms with van der Waals surface area (Å²) >= 11 is 0. The molecular formula is C18H25NO4. The van der Waals surface area contributed by atoms with Crippen molar-refractivity contribution < 1.29 is 19.4 Å². The topological polar surface area (TPSA) is 66.8 Å². The van der Waals surface area contributed by atoms with Crippen LogP contribution < -0.4 is 4.74 Å². The summed E-state index contributed by atoms with van der Waals surface area (Å²) in [5.74, 6) is -0.216. The van der Waals surface area contributed by atoms with Gasteiger partial charge < -0.3 is 14.7 Å². The van der Waals surface area contributed by atoms with Crippen LogP contribution in [0.3, 0.4) is 0 Å². The standard InChI is InChI=1S/C18H25NO4/c1-18(2,12-14-6-4-5-7-15(14)23-3)17(22)19-10-8-13(9-11-19)16(20)21/h4-7,13H,8-12H2,1-3H3,(H,20,21). The largest absolute Gasteiger partial charge is 0.496 e. The van der Waals surface area contributed by atoms with Gasteiger partial charge in [-0.2, -0.15) is 0 Å².